The number of hydrogen-bond acceptors (Lipinski definition) is 4. The van der Waals surface area contributed by atoms with Crippen LogP contribution in [0.1, 0.15) is 27.6 Å². The van der Waals surface area contributed by atoms with Gasteiger partial charge in [-0.25, -0.2) is 0 Å². The molecule has 2 aromatic heterocycles. The predicted molar refractivity (Wildman–Crippen MR) is 109 cm³/mol. The number of carbonyl (C=O) groups is 1. The Balaban J connectivity index is 1.51. The zero-order valence-corrected chi connectivity index (χ0v) is 17.6. The first-order valence-electron chi connectivity index (χ1n) is 9.31. The van der Waals surface area contributed by atoms with Crippen LogP contribution in [0.4, 0.5) is 13.2 Å². The van der Waals surface area contributed by atoms with Crippen molar-refractivity contribution in [3.05, 3.63) is 63.7 Å². The molecular weight excluding hydrogens is 456 g/mol. The molecule has 0 bridgehead atoms. The summed E-state index contributed by atoms with van der Waals surface area (Å²) in [5.41, 5.74) is 0.929. The van der Waals surface area contributed by atoms with E-state index in [4.69, 9.17) is 27.6 Å². The maximum absolute atomic E-state index is 12.8. The summed E-state index contributed by atoms with van der Waals surface area (Å²) in [6, 6.07) is 6.11. The highest BCUT2D eigenvalue weighted by atomic mass is 35.5. The number of benzene rings is 1. The number of furan rings is 1. The van der Waals surface area contributed by atoms with Gasteiger partial charge in [-0.15, -0.1) is 0 Å². The molecule has 6 nitrogen and oxygen atoms in total. The third-order valence-electron chi connectivity index (χ3n) is 5.26. The lowest BCUT2D eigenvalue weighted by molar-refractivity contribution is -0.137. The van der Waals surface area contributed by atoms with Crippen LogP contribution in [-0.4, -0.2) is 34.8 Å². The van der Waals surface area contributed by atoms with E-state index in [1.165, 1.54) is 29.1 Å². The number of aryl methyl sites for hydroxylation is 1. The molecule has 11 heteroatoms. The Hall–Kier alpha value is -2.49. The van der Waals surface area contributed by atoms with Crippen LogP contribution in [0.2, 0.25) is 10.2 Å². The molecule has 3 aromatic rings. The molecule has 2 unspecified atom stereocenters. The van der Waals surface area contributed by atoms with Gasteiger partial charge in [-0.05, 0) is 29.3 Å². The Morgan fingerprint density at radius 1 is 1.26 bits per heavy atom. The minimum absolute atomic E-state index is 0.000476. The van der Waals surface area contributed by atoms with Gasteiger partial charge in [-0.2, -0.15) is 18.3 Å². The van der Waals surface area contributed by atoms with Gasteiger partial charge in [0.25, 0.3) is 5.91 Å². The summed E-state index contributed by atoms with van der Waals surface area (Å²) < 4.78 is 45.4. The number of amides is 1. The lowest BCUT2D eigenvalue weighted by Crippen LogP contribution is -2.39. The highest BCUT2D eigenvalue weighted by Crippen LogP contribution is 2.36. The molecule has 2 N–H and O–H groups in total. The molecule has 4 rings (SSSR count). The number of nitrogens with one attached hydrogen (secondary N) is 2. The van der Waals surface area contributed by atoms with Crippen molar-refractivity contribution in [1.82, 2.24) is 20.4 Å². The zero-order valence-electron chi connectivity index (χ0n) is 16.1. The molecule has 0 saturated carbocycles. The van der Waals surface area contributed by atoms with E-state index in [1.807, 2.05) is 0 Å². The highest BCUT2D eigenvalue weighted by Gasteiger charge is 2.33. The highest BCUT2D eigenvalue weighted by molar-refractivity contribution is 6.35. The molecule has 1 saturated heterocycles. The van der Waals surface area contributed by atoms with Crippen LogP contribution in [0.3, 0.4) is 0 Å². The van der Waals surface area contributed by atoms with Crippen molar-refractivity contribution in [2.45, 2.75) is 18.1 Å². The average Bonchev–Trinajstić information content (AvgIpc) is 3.41. The fraction of sp³-hybridized carbons (Fsp3) is 0.300. The summed E-state index contributed by atoms with van der Waals surface area (Å²) in [7, 11) is 1.68. The second-order valence-corrected chi connectivity index (χ2v) is 7.98. The summed E-state index contributed by atoms with van der Waals surface area (Å²) in [6.07, 6.45) is -2.94. The van der Waals surface area contributed by atoms with Crippen molar-refractivity contribution in [3.63, 3.8) is 0 Å². The molecule has 1 aliphatic rings. The van der Waals surface area contributed by atoms with Gasteiger partial charge in [0.15, 0.2) is 5.76 Å². The van der Waals surface area contributed by atoms with Gasteiger partial charge in [0.05, 0.1) is 28.0 Å². The van der Waals surface area contributed by atoms with Gasteiger partial charge >= 0.3 is 6.18 Å². The first kappa shape index (κ1) is 21.7. The van der Waals surface area contributed by atoms with Gasteiger partial charge in [0.2, 0.25) is 5.22 Å². The molecule has 1 fully saturated rings. The van der Waals surface area contributed by atoms with Crippen molar-refractivity contribution in [1.29, 1.82) is 0 Å². The second-order valence-electron chi connectivity index (χ2n) is 7.23. The van der Waals surface area contributed by atoms with Crippen molar-refractivity contribution >= 4 is 29.1 Å². The number of hydrogen-bond donors (Lipinski definition) is 2. The SMILES string of the molecule is Cn1ncc(Cl)c1-c1cc(C(=O)NC2CNCC2c2ccc(C(F)(F)F)cc2)oc1Cl. The van der Waals surface area contributed by atoms with Crippen LogP contribution in [0.5, 0.6) is 0 Å². The minimum atomic E-state index is -4.40. The van der Waals surface area contributed by atoms with Crippen LogP contribution in [0.25, 0.3) is 11.3 Å². The molecule has 1 amide bonds. The molecule has 0 aliphatic carbocycles. The van der Waals surface area contributed by atoms with Crippen LogP contribution in [0, 0.1) is 0 Å². The first-order valence-corrected chi connectivity index (χ1v) is 10.1. The van der Waals surface area contributed by atoms with Gasteiger partial charge < -0.3 is 15.1 Å². The number of carbonyl (C=O) groups excluding carboxylic acids is 1. The number of rotatable bonds is 4. The van der Waals surface area contributed by atoms with E-state index in [1.54, 1.807) is 7.05 Å². The summed E-state index contributed by atoms with van der Waals surface area (Å²) in [4.78, 5) is 12.8. The van der Waals surface area contributed by atoms with Crippen LogP contribution >= 0.6 is 23.2 Å². The van der Waals surface area contributed by atoms with Crippen molar-refractivity contribution in [2.24, 2.45) is 7.05 Å². The van der Waals surface area contributed by atoms with E-state index < -0.39 is 17.6 Å². The number of alkyl halides is 3. The van der Waals surface area contributed by atoms with Crippen LogP contribution in [0.15, 0.2) is 40.9 Å². The number of aromatic nitrogens is 2. The Bertz CT molecular complexity index is 1090. The molecular formula is C20H17Cl2F3N4O2. The van der Waals surface area contributed by atoms with Crippen molar-refractivity contribution < 1.29 is 22.4 Å². The summed E-state index contributed by atoms with van der Waals surface area (Å²) >= 11 is 12.3. The molecule has 3 heterocycles. The third-order valence-corrected chi connectivity index (χ3v) is 5.81. The summed E-state index contributed by atoms with van der Waals surface area (Å²) in [5.74, 6) is -0.685. The molecule has 0 radical (unpaired) electrons. The largest absolute Gasteiger partial charge is 0.439 e. The van der Waals surface area contributed by atoms with Gasteiger partial charge in [0, 0.05) is 38.2 Å². The Morgan fingerprint density at radius 2 is 1.97 bits per heavy atom. The van der Waals surface area contributed by atoms with Crippen LogP contribution in [-0.2, 0) is 13.2 Å². The lowest BCUT2D eigenvalue weighted by atomic mass is 9.93. The Kier molecular flexibility index (Phi) is 5.76. The van der Waals surface area contributed by atoms with Gasteiger partial charge in [-0.3, -0.25) is 9.48 Å². The second kappa shape index (κ2) is 8.22. The summed E-state index contributed by atoms with van der Waals surface area (Å²) in [6.45, 7) is 0.984. The third kappa shape index (κ3) is 4.30. The predicted octanol–water partition coefficient (Wildman–Crippen LogP) is 4.49. The normalized spacial score (nSPS) is 19.0. The maximum Gasteiger partial charge on any atom is 0.416 e. The number of nitrogens with zero attached hydrogens (tertiary/aromatic N) is 2. The lowest BCUT2D eigenvalue weighted by Gasteiger charge is -2.20. The molecule has 2 atom stereocenters. The monoisotopic (exact) mass is 472 g/mol. The van der Waals surface area contributed by atoms with Gasteiger partial charge in [-0.1, -0.05) is 23.7 Å². The minimum Gasteiger partial charge on any atom is -0.439 e. The Labute approximate surface area is 185 Å². The van der Waals surface area contributed by atoms with E-state index in [9.17, 15) is 18.0 Å². The van der Waals surface area contributed by atoms with Crippen LogP contribution < -0.4 is 10.6 Å². The zero-order chi connectivity index (χ0) is 22.3. The molecule has 1 aromatic carbocycles. The maximum atomic E-state index is 12.8. The quantitative estimate of drug-likeness (QED) is 0.586. The molecule has 0 spiro atoms. The van der Waals surface area contributed by atoms with Crippen molar-refractivity contribution in [2.75, 3.05) is 13.1 Å². The fourth-order valence-electron chi connectivity index (χ4n) is 3.70. The van der Waals surface area contributed by atoms with E-state index >= 15 is 0 Å². The van der Waals surface area contributed by atoms with E-state index in [-0.39, 0.29) is 22.9 Å². The standard InChI is InChI=1S/C20H17Cl2F3N4O2/c1-29-17(14(21)8-27-29)12-6-16(31-18(12)22)19(30)28-15-9-26-7-13(15)10-2-4-11(5-3-10)20(23,24)25/h2-6,8,13,15,26H,7,9H2,1H3,(H,28,30). The van der Waals surface area contributed by atoms with E-state index in [2.05, 4.69) is 15.7 Å². The molecule has 31 heavy (non-hydrogen) atoms. The fourth-order valence-corrected chi connectivity index (χ4v) is 4.19. The van der Waals surface area contributed by atoms with E-state index in [0.717, 1.165) is 12.1 Å². The smallest absolute Gasteiger partial charge is 0.416 e. The summed E-state index contributed by atoms with van der Waals surface area (Å²) in [5, 5.41) is 10.4. The molecule has 164 valence electrons. The Morgan fingerprint density at radius 3 is 2.58 bits per heavy atom. The first-order chi connectivity index (χ1) is 14.6. The average molecular weight is 473 g/mol. The van der Waals surface area contributed by atoms with Crippen molar-refractivity contribution in [3.8, 4) is 11.3 Å². The molecule has 1 aliphatic heterocycles. The topological polar surface area (TPSA) is 72.1 Å². The van der Waals surface area contributed by atoms with E-state index in [0.29, 0.717) is 34.9 Å². The number of halogens is 5. The van der Waals surface area contributed by atoms with Gasteiger partial charge in [0.1, 0.15) is 0 Å².